The third-order valence-corrected chi connectivity index (χ3v) is 3.36. The Morgan fingerprint density at radius 2 is 2.17 bits per heavy atom. The summed E-state index contributed by atoms with van der Waals surface area (Å²) in [4.78, 5) is 11.3. The van der Waals surface area contributed by atoms with Crippen molar-refractivity contribution in [3.63, 3.8) is 0 Å². The highest BCUT2D eigenvalue weighted by Crippen LogP contribution is 2.15. The molecule has 106 valence electrons. The van der Waals surface area contributed by atoms with E-state index >= 15 is 0 Å². The lowest BCUT2D eigenvalue weighted by Crippen LogP contribution is -2.50. The van der Waals surface area contributed by atoms with Gasteiger partial charge in [-0.3, -0.25) is 4.79 Å². The fourth-order valence-corrected chi connectivity index (χ4v) is 1.94. The molecular formula is C13H25NO4. The normalized spacial score (nSPS) is 20.6. The van der Waals surface area contributed by atoms with E-state index in [2.05, 4.69) is 5.32 Å². The Hall–Kier alpha value is -0.650. The maximum absolute atomic E-state index is 11.3. The minimum atomic E-state index is -0.888. The van der Waals surface area contributed by atoms with Crippen LogP contribution in [0.2, 0.25) is 0 Å². The minimum absolute atomic E-state index is 0.225. The summed E-state index contributed by atoms with van der Waals surface area (Å²) in [6.07, 6.45) is 3.45. The van der Waals surface area contributed by atoms with Crippen LogP contribution >= 0.6 is 0 Å². The molecule has 1 saturated heterocycles. The molecule has 0 bridgehead atoms. The summed E-state index contributed by atoms with van der Waals surface area (Å²) in [7, 11) is 0. The quantitative estimate of drug-likeness (QED) is 0.690. The molecule has 5 heteroatoms. The summed E-state index contributed by atoms with van der Waals surface area (Å²) in [5.74, 6) is -0.813. The predicted octanol–water partition coefficient (Wildman–Crippen LogP) is 1.41. The summed E-state index contributed by atoms with van der Waals surface area (Å²) in [6, 6.07) is 0. The molecule has 0 amide bonds. The predicted molar refractivity (Wildman–Crippen MR) is 68.7 cm³/mol. The van der Waals surface area contributed by atoms with Crippen LogP contribution in [0.25, 0.3) is 0 Å². The Labute approximate surface area is 109 Å². The molecule has 0 radical (unpaired) electrons. The molecule has 0 spiro atoms. The van der Waals surface area contributed by atoms with Gasteiger partial charge in [-0.15, -0.1) is 0 Å². The standard InChI is InChI=1S/C13H25NO4/c1-3-7-14-13(2,12(15)16)6-10-18-11-4-8-17-9-5-11/h11,14H,3-10H2,1-2H3,(H,15,16). The van der Waals surface area contributed by atoms with E-state index in [0.29, 0.717) is 19.6 Å². The molecule has 18 heavy (non-hydrogen) atoms. The van der Waals surface area contributed by atoms with E-state index < -0.39 is 11.5 Å². The Morgan fingerprint density at radius 1 is 1.50 bits per heavy atom. The van der Waals surface area contributed by atoms with Crippen LogP contribution in [-0.4, -0.2) is 49.1 Å². The molecule has 1 heterocycles. The molecule has 0 saturated carbocycles. The Balaban J connectivity index is 2.30. The molecule has 0 aliphatic carbocycles. The summed E-state index contributed by atoms with van der Waals surface area (Å²) in [5.41, 5.74) is -0.888. The minimum Gasteiger partial charge on any atom is -0.480 e. The van der Waals surface area contributed by atoms with Gasteiger partial charge >= 0.3 is 5.97 Å². The van der Waals surface area contributed by atoms with Gasteiger partial charge in [-0.2, -0.15) is 0 Å². The largest absolute Gasteiger partial charge is 0.480 e. The number of hydrogen-bond acceptors (Lipinski definition) is 4. The monoisotopic (exact) mass is 259 g/mol. The fourth-order valence-electron chi connectivity index (χ4n) is 1.94. The molecular weight excluding hydrogens is 234 g/mol. The lowest BCUT2D eigenvalue weighted by atomic mass is 9.98. The van der Waals surface area contributed by atoms with Crippen molar-refractivity contribution in [1.82, 2.24) is 5.32 Å². The molecule has 1 fully saturated rings. The first kappa shape index (κ1) is 15.4. The van der Waals surface area contributed by atoms with Gasteiger partial charge in [0.25, 0.3) is 0 Å². The van der Waals surface area contributed by atoms with E-state index in [9.17, 15) is 9.90 Å². The topological polar surface area (TPSA) is 67.8 Å². The van der Waals surface area contributed by atoms with Crippen molar-refractivity contribution in [2.75, 3.05) is 26.4 Å². The number of ether oxygens (including phenoxy) is 2. The molecule has 0 aromatic rings. The van der Waals surface area contributed by atoms with Gasteiger partial charge in [-0.25, -0.2) is 0 Å². The van der Waals surface area contributed by atoms with Crippen LogP contribution in [0.1, 0.15) is 39.5 Å². The second-order valence-corrected chi connectivity index (χ2v) is 5.00. The number of carbonyl (C=O) groups is 1. The van der Waals surface area contributed by atoms with Crippen molar-refractivity contribution in [2.24, 2.45) is 0 Å². The average molecular weight is 259 g/mol. The van der Waals surface area contributed by atoms with Gasteiger partial charge in [0, 0.05) is 19.8 Å². The third kappa shape index (κ3) is 4.92. The summed E-state index contributed by atoms with van der Waals surface area (Å²) in [5, 5.41) is 12.3. The van der Waals surface area contributed by atoms with Crippen molar-refractivity contribution < 1.29 is 19.4 Å². The van der Waals surface area contributed by atoms with Crippen molar-refractivity contribution in [1.29, 1.82) is 0 Å². The first-order valence-electron chi connectivity index (χ1n) is 6.76. The van der Waals surface area contributed by atoms with E-state index in [-0.39, 0.29) is 6.10 Å². The van der Waals surface area contributed by atoms with Crippen LogP contribution in [0.15, 0.2) is 0 Å². The van der Waals surface area contributed by atoms with Crippen LogP contribution in [0, 0.1) is 0 Å². The summed E-state index contributed by atoms with van der Waals surface area (Å²) in [6.45, 7) is 6.42. The zero-order valence-electron chi connectivity index (χ0n) is 11.4. The van der Waals surface area contributed by atoms with Gasteiger partial charge in [0.05, 0.1) is 6.10 Å². The van der Waals surface area contributed by atoms with Crippen molar-refractivity contribution >= 4 is 5.97 Å². The van der Waals surface area contributed by atoms with E-state index in [1.807, 2.05) is 6.92 Å². The molecule has 1 atom stereocenters. The van der Waals surface area contributed by atoms with Crippen LogP contribution in [0.3, 0.4) is 0 Å². The lowest BCUT2D eigenvalue weighted by molar-refractivity contribution is -0.145. The SMILES string of the molecule is CCCNC(C)(CCOC1CCOCC1)C(=O)O. The molecule has 1 unspecified atom stereocenters. The van der Waals surface area contributed by atoms with Crippen molar-refractivity contribution in [3.05, 3.63) is 0 Å². The van der Waals surface area contributed by atoms with Crippen LogP contribution in [0.5, 0.6) is 0 Å². The Kier molecular flexibility index (Phi) is 6.60. The second-order valence-electron chi connectivity index (χ2n) is 5.00. The summed E-state index contributed by atoms with van der Waals surface area (Å²) < 4.78 is 11.0. The number of rotatable bonds is 8. The van der Waals surface area contributed by atoms with Gasteiger partial charge < -0.3 is 19.9 Å². The average Bonchev–Trinajstić information content (AvgIpc) is 2.37. The number of nitrogens with one attached hydrogen (secondary N) is 1. The Morgan fingerprint density at radius 3 is 2.72 bits per heavy atom. The maximum atomic E-state index is 11.3. The third-order valence-electron chi connectivity index (χ3n) is 3.36. The zero-order chi connectivity index (χ0) is 13.4. The number of hydrogen-bond donors (Lipinski definition) is 2. The highest BCUT2D eigenvalue weighted by Gasteiger charge is 2.32. The molecule has 5 nitrogen and oxygen atoms in total. The maximum Gasteiger partial charge on any atom is 0.323 e. The van der Waals surface area contributed by atoms with Gasteiger partial charge in [-0.05, 0) is 39.2 Å². The van der Waals surface area contributed by atoms with E-state index in [1.54, 1.807) is 6.92 Å². The van der Waals surface area contributed by atoms with Gasteiger partial charge in [0.15, 0.2) is 0 Å². The van der Waals surface area contributed by atoms with Gasteiger partial charge in [0.2, 0.25) is 0 Å². The fraction of sp³-hybridized carbons (Fsp3) is 0.923. The van der Waals surface area contributed by atoms with Crippen LogP contribution < -0.4 is 5.32 Å². The first-order valence-corrected chi connectivity index (χ1v) is 6.76. The second kappa shape index (κ2) is 7.71. The number of carboxylic acid groups (broad SMARTS) is 1. The van der Waals surface area contributed by atoms with Crippen LogP contribution in [-0.2, 0) is 14.3 Å². The Bertz CT molecular complexity index is 253. The lowest BCUT2D eigenvalue weighted by Gasteiger charge is -2.28. The van der Waals surface area contributed by atoms with Crippen LogP contribution in [0.4, 0.5) is 0 Å². The molecule has 1 aliphatic rings. The zero-order valence-corrected chi connectivity index (χ0v) is 11.4. The molecule has 0 aromatic heterocycles. The number of carboxylic acids is 1. The van der Waals surface area contributed by atoms with E-state index in [1.165, 1.54) is 0 Å². The van der Waals surface area contributed by atoms with Crippen molar-refractivity contribution in [2.45, 2.75) is 51.2 Å². The van der Waals surface area contributed by atoms with E-state index in [0.717, 1.165) is 32.5 Å². The molecule has 1 aliphatic heterocycles. The van der Waals surface area contributed by atoms with Crippen molar-refractivity contribution in [3.8, 4) is 0 Å². The summed E-state index contributed by atoms with van der Waals surface area (Å²) >= 11 is 0. The molecule has 2 N–H and O–H groups in total. The highest BCUT2D eigenvalue weighted by molar-refractivity contribution is 5.78. The number of aliphatic carboxylic acids is 1. The van der Waals surface area contributed by atoms with E-state index in [4.69, 9.17) is 9.47 Å². The molecule has 0 aromatic carbocycles. The molecule has 1 rings (SSSR count). The highest BCUT2D eigenvalue weighted by atomic mass is 16.5. The van der Waals surface area contributed by atoms with Gasteiger partial charge in [0.1, 0.15) is 5.54 Å². The smallest absolute Gasteiger partial charge is 0.323 e. The first-order chi connectivity index (χ1) is 8.58. The van der Waals surface area contributed by atoms with Gasteiger partial charge in [-0.1, -0.05) is 6.92 Å².